The molecule has 0 aliphatic heterocycles. The summed E-state index contributed by atoms with van der Waals surface area (Å²) in [5.74, 6) is 1.85. The van der Waals surface area contributed by atoms with Gasteiger partial charge in [0.05, 0.1) is 6.10 Å². The fourth-order valence-corrected chi connectivity index (χ4v) is 3.97. The number of fused-ring (bicyclic) bond motifs is 1. The molecule has 0 spiro atoms. The first-order valence-corrected chi connectivity index (χ1v) is 9.86. The van der Waals surface area contributed by atoms with Gasteiger partial charge in [0.25, 0.3) is 0 Å². The summed E-state index contributed by atoms with van der Waals surface area (Å²) in [5, 5.41) is 5.94. The third-order valence-electron chi connectivity index (χ3n) is 5.66. The topological polar surface area (TPSA) is 21.3 Å². The van der Waals surface area contributed by atoms with Crippen LogP contribution in [0.25, 0.3) is 10.8 Å². The molecule has 3 rings (SSSR count). The lowest BCUT2D eigenvalue weighted by Crippen LogP contribution is -2.30. The van der Waals surface area contributed by atoms with Crippen molar-refractivity contribution in [1.29, 1.82) is 0 Å². The van der Waals surface area contributed by atoms with Crippen LogP contribution in [0.5, 0.6) is 5.75 Å². The predicted molar refractivity (Wildman–Crippen MR) is 107 cm³/mol. The van der Waals surface area contributed by atoms with Gasteiger partial charge in [-0.05, 0) is 78.1 Å². The lowest BCUT2D eigenvalue weighted by Gasteiger charge is -2.37. The van der Waals surface area contributed by atoms with Crippen LogP contribution >= 0.6 is 0 Å². The Bertz CT molecular complexity index is 693. The van der Waals surface area contributed by atoms with Crippen LogP contribution in [0.2, 0.25) is 0 Å². The first-order chi connectivity index (χ1) is 12.0. The molecular weight excluding hydrogens is 306 g/mol. The summed E-state index contributed by atoms with van der Waals surface area (Å²) in [7, 11) is 0. The molecule has 136 valence electrons. The molecule has 0 saturated heterocycles. The van der Waals surface area contributed by atoms with Gasteiger partial charge in [-0.25, -0.2) is 0 Å². The van der Waals surface area contributed by atoms with E-state index in [4.69, 9.17) is 4.74 Å². The minimum atomic E-state index is 0.379. The van der Waals surface area contributed by atoms with Crippen LogP contribution in [0.3, 0.4) is 0 Å². The number of hydrogen-bond acceptors (Lipinski definition) is 2. The average molecular weight is 340 g/mol. The van der Waals surface area contributed by atoms with E-state index in [1.807, 2.05) is 0 Å². The molecule has 1 fully saturated rings. The highest BCUT2D eigenvalue weighted by Gasteiger charge is 2.30. The normalized spacial score (nSPS) is 21.4. The number of rotatable bonds is 5. The van der Waals surface area contributed by atoms with E-state index >= 15 is 0 Å². The van der Waals surface area contributed by atoms with Crippen molar-refractivity contribution in [2.75, 3.05) is 6.54 Å². The van der Waals surface area contributed by atoms with Gasteiger partial charge in [0.2, 0.25) is 0 Å². The zero-order valence-corrected chi connectivity index (χ0v) is 16.3. The standard InChI is InChI=1S/C23H33NO/c1-5-24-16-17-6-7-19-15-22(11-8-18(19)14-17)25-21-12-9-20(10-13-21)23(2,3)4/h6-8,11,14-15,20-21,24H,5,9-10,12-13,16H2,1-4H3. The van der Waals surface area contributed by atoms with E-state index in [1.54, 1.807) is 0 Å². The van der Waals surface area contributed by atoms with E-state index < -0.39 is 0 Å². The monoisotopic (exact) mass is 339 g/mol. The van der Waals surface area contributed by atoms with Crippen LogP contribution in [0.1, 0.15) is 58.9 Å². The van der Waals surface area contributed by atoms with E-state index in [9.17, 15) is 0 Å². The van der Waals surface area contributed by atoms with Crippen LogP contribution in [-0.4, -0.2) is 12.6 Å². The Morgan fingerprint density at radius 1 is 0.960 bits per heavy atom. The summed E-state index contributed by atoms with van der Waals surface area (Å²) in [6, 6.07) is 13.2. The molecule has 2 heteroatoms. The molecule has 2 aromatic carbocycles. The Kier molecular flexibility index (Phi) is 5.68. The van der Waals surface area contributed by atoms with Crippen LogP contribution < -0.4 is 10.1 Å². The molecule has 0 aromatic heterocycles. The summed E-state index contributed by atoms with van der Waals surface area (Å²) in [5.41, 5.74) is 1.77. The predicted octanol–water partition coefficient (Wildman–Crippen LogP) is 5.93. The molecule has 2 nitrogen and oxygen atoms in total. The highest BCUT2D eigenvalue weighted by atomic mass is 16.5. The summed E-state index contributed by atoms with van der Waals surface area (Å²) in [4.78, 5) is 0. The van der Waals surface area contributed by atoms with Gasteiger partial charge in [0, 0.05) is 6.54 Å². The third kappa shape index (κ3) is 4.76. The largest absolute Gasteiger partial charge is 0.490 e. The zero-order valence-electron chi connectivity index (χ0n) is 16.3. The van der Waals surface area contributed by atoms with Gasteiger partial charge >= 0.3 is 0 Å². The van der Waals surface area contributed by atoms with E-state index in [-0.39, 0.29) is 0 Å². The molecule has 1 saturated carbocycles. The van der Waals surface area contributed by atoms with Crippen molar-refractivity contribution in [3.05, 3.63) is 42.0 Å². The molecule has 1 aliphatic rings. The minimum absolute atomic E-state index is 0.379. The maximum atomic E-state index is 6.31. The first-order valence-electron chi connectivity index (χ1n) is 9.86. The van der Waals surface area contributed by atoms with Gasteiger partial charge in [-0.1, -0.05) is 45.9 Å². The van der Waals surface area contributed by atoms with Crippen LogP contribution in [0.4, 0.5) is 0 Å². The highest BCUT2D eigenvalue weighted by molar-refractivity contribution is 5.84. The highest BCUT2D eigenvalue weighted by Crippen LogP contribution is 2.38. The Hall–Kier alpha value is -1.54. The molecule has 0 radical (unpaired) electrons. The van der Waals surface area contributed by atoms with Crippen molar-refractivity contribution in [2.45, 2.75) is 66.0 Å². The molecule has 0 heterocycles. The summed E-state index contributed by atoms with van der Waals surface area (Å²) < 4.78 is 6.31. The van der Waals surface area contributed by atoms with Gasteiger partial charge < -0.3 is 10.1 Å². The maximum absolute atomic E-state index is 6.31. The third-order valence-corrected chi connectivity index (χ3v) is 5.66. The molecule has 1 N–H and O–H groups in total. The van der Waals surface area contributed by atoms with Gasteiger partial charge in [-0.3, -0.25) is 0 Å². The molecular formula is C23H33NO. The second kappa shape index (κ2) is 7.78. The molecule has 0 unspecified atom stereocenters. The van der Waals surface area contributed by atoms with Crippen molar-refractivity contribution in [3.63, 3.8) is 0 Å². The first kappa shape index (κ1) is 18.3. The lowest BCUT2D eigenvalue weighted by atomic mass is 9.72. The number of ether oxygens (including phenoxy) is 1. The quantitative estimate of drug-likeness (QED) is 0.728. The van der Waals surface area contributed by atoms with Crippen molar-refractivity contribution in [3.8, 4) is 5.75 Å². The van der Waals surface area contributed by atoms with Gasteiger partial charge in [0.15, 0.2) is 0 Å². The second-order valence-corrected chi connectivity index (χ2v) is 8.58. The smallest absolute Gasteiger partial charge is 0.120 e. The van der Waals surface area contributed by atoms with Crippen LogP contribution in [0.15, 0.2) is 36.4 Å². The van der Waals surface area contributed by atoms with Crippen LogP contribution in [0, 0.1) is 11.3 Å². The van der Waals surface area contributed by atoms with Gasteiger partial charge in [-0.15, -0.1) is 0 Å². The molecule has 0 bridgehead atoms. The molecule has 2 aromatic rings. The van der Waals surface area contributed by atoms with E-state index in [0.29, 0.717) is 11.5 Å². The average Bonchev–Trinajstić information content (AvgIpc) is 2.59. The summed E-state index contributed by atoms with van der Waals surface area (Å²) in [6.07, 6.45) is 5.32. The Labute approximate surface area is 153 Å². The summed E-state index contributed by atoms with van der Waals surface area (Å²) in [6.45, 7) is 11.2. The molecule has 0 amide bonds. The van der Waals surface area contributed by atoms with Crippen molar-refractivity contribution in [1.82, 2.24) is 5.32 Å². The molecule has 25 heavy (non-hydrogen) atoms. The summed E-state index contributed by atoms with van der Waals surface area (Å²) >= 11 is 0. The molecule has 1 aliphatic carbocycles. The minimum Gasteiger partial charge on any atom is -0.490 e. The SMILES string of the molecule is CCNCc1ccc2cc(OC3CCC(C(C)(C)C)CC3)ccc2c1. The Balaban J connectivity index is 1.63. The van der Waals surface area contributed by atoms with Gasteiger partial charge in [-0.2, -0.15) is 0 Å². The second-order valence-electron chi connectivity index (χ2n) is 8.58. The van der Waals surface area contributed by atoms with E-state index in [2.05, 4.69) is 69.4 Å². The number of benzene rings is 2. The Morgan fingerprint density at radius 3 is 2.32 bits per heavy atom. The van der Waals surface area contributed by atoms with Crippen LogP contribution in [-0.2, 0) is 6.54 Å². The fourth-order valence-electron chi connectivity index (χ4n) is 3.97. The number of hydrogen-bond donors (Lipinski definition) is 1. The van der Waals surface area contributed by atoms with Crippen molar-refractivity contribution < 1.29 is 4.74 Å². The fraction of sp³-hybridized carbons (Fsp3) is 0.565. The Morgan fingerprint density at radius 2 is 1.64 bits per heavy atom. The molecule has 0 atom stereocenters. The zero-order chi connectivity index (χ0) is 17.9. The van der Waals surface area contributed by atoms with E-state index in [0.717, 1.165) is 24.8 Å². The van der Waals surface area contributed by atoms with E-state index in [1.165, 1.54) is 42.0 Å². The van der Waals surface area contributed by atoms with Crippen molar-refractivity contribution in [2.24, 2.45) is 11.3 Å². The van der Waals surface area contributed by atoms with Gasteiger partial charge in [0.1, 0.15) is 5.75 Å². The van der Waals surface area contributed by atoms with Crippen molar-refractivity contribution >= 4 is 10.8 Å². The number of nitrogens with one attached hydrogen (secondary N) is 1. The maximum Gasteiger partial charge on any atom is 0.120 e. The lowest BCUT2D eigenvalue weighted by molar-refractivity contribution is 0.0883.